The van der Waals surface area contributed by atoms with Gasteiger partial charge in [-0.3, -0.25) is 14.4 Å². The summed E-state index contributed by atoms with van der Waals surface area (Å²) in [5.74, 6) is -1.17. The van der Waals surface area contributed by atoms with Gasteiger partial charge in [0.05, 0.1) is 4.90 Å². The maximum Gasteiger partial charge on any atom is 0.264 e. The molecule has 0 fully saturated rings. The lowest BCUT2D eigenvalue weighted by Crippen LogP contribution is -2.28. The average molecular weight is 432 g/mol. The molecule has 2 rings (SSSR count). The summed E-state index contributed by atoms with van der Waals surface area (Å²) in [5, 5.41) is 5.50. The summed E-state index contributed by atoms with van der Waals surface area (Å²) in [6.45, 7) is 5.03. The van der Waals surface area contributed by atoms with Gasteiger partial charge >= 0.3 is 0 Å². The van der Waals surface area contributed by atoms with Gasteiger partial charge in [-0.25, -0.2) is 13.1 Å². The number of amides is 3. The van der Waals surface area contributed by atoms with Crippen molar-refractivity contribution in [1.29, 1.82) is 0 Å². The Balaban J connectivity index is 2.02. The van der Waals surface area contributed by atoms with E-state index in [9.17, 15) is 22.8 Å². The number of hydrogen-bond acceptors (Lipinski definition) is 5. The number of rotatable bonds is 8. The largest absolute Gasteiger partial charge is 0.326 e. The van der Waals surface area contributed by atoms with E-state index < -0.39 is 15.9 Å². The molecule has 0 heterocycles. The minimum Gasteiger partial charge on any atom is -0.326 e. The Bertz CT molecular complexity index is 1010. The lowest BCUT2D eigenvalue weighted by atomic mass is 10.0. The fourth-order valence-electron chi connectivity index (χ4n) is 2.78. The van der Waals surface area contributed by atoms with Gasteiger partial charge in [-0.1, -0.05) is 13.8 Å². The summed E-state index contributed by atoms with van der Waals surface area (Å²) in [4.78, 5) is 35.4. The van der Waals surface area contributed by atoms with Crippen molar-refractivity contribution in [3.05, 3.63) is 54.1 Å². The molecule has 0 spiro atoms. The number of carbonyl (C=O) groups excluding carboxylic acids is 3. The third-order valence-corrected chi connectivity index (χ3v) is 5.92. The van der Waals surface area contributed by atoms with Gasteiger partial charge in [-0.15, -0.1) is 0 Å². The number of benzene rings is 2. The van der Waals surface area contributed by atoms with Crippen LogP contribution >= 0.6 is 0 Å². The number of carbonyl (C=O) groups is 3. The molecule has 2 aromatic carbocycles. The van der Waals surface area contributed by atoms with Crippen LogP contribution in [0, 0.1) is 5.92 Å². The van der Waals surface area contributed by atoms with Gasteiger partial charge in [0.25, 0.3) is 15.9 Å². The van der Waals surface area contributed by atoms with Gasteiger partial charge in [0.15, 0.2) is 0 Å². The molecule has 0 saturated carbocycles. The Kier molecular flexibility index (Phi) is 7.71. The minimum absolute atomic E-state index is 0.0495. The van der Waals surface area contributed by atoms with Crippen LogP contribution in [0.5, 0.6) is 0 Å². The summed E-state index contributed by atoms with van der Waals surface area (Å²) < 4.78 is 25.7. The highest BCUT2D eigenvalue weighted by molar-refractivity contribution is 7.90. The van der Waals surface area contributed by atoms with Gasteiger partial charge in [-0.05, 0) is 61.4 Å². The van der Waals surface area contributed by atoms with Gasteiger partial charge < -0.3 is 10.6 Å². The number of nitrogens with one attached hydrogen (secondary N) is 3. The van der Waals surface area contributed by atoms with Crippen LogP contribution in [-0.2, 0) is 19.6 Å². The molecule has 0 radical (unpaired) electrons. The van der Waals surface area contributed by atoms with E-state index in [0.29, 0.717) is 16.9 Å². The molecule has 0 aliphatic rings. The summed E-state index contributed by atoms with van der Waals surface area (Å²) in [6, 6.07) is 11.9. The smallest absolute Gasteiger partial charge is 0.264 e. The van der Waals surface area contributed by atoms with Crippen molar-refractivity contribution in [2.24, 2.45) is 5.92 Å². The van der Waals surface area contributed by atoms with E-state index in [4.69, 9.17) is 0 Å². The van der Waals surface area contributed by atoms with Crippen molar-refractivity contribution in [2.75, 3.05) is 10.6 Å². The zero-order valence-electron chi connectivity index (χ0n) is 17.1. The molecule has 0 aromatic heterocycles. The topological polar surface area (TPSA) is 121 Å². The Labute approximate surface area is 176 Å². The zero-order chi connectivity index (χ0) is 22.3. The lowest BCUT2D eigenvalue weighted by Gasteiger charge is -2.13. The maximum atomic E-state index is 12.4. The molecule has 0 aliphatic carbocycles. The SMILES string of the molecule is CCC(CC)C(=O)Nc1ccc(C(=O)Nc2ccc(S(=O)(=O)NC(C)=O)cc2)cc1. The standard InChI is InChI=1S/C21H25N3O5S/c1-4-15(5-2)20(26)22-17-8-6-16(7-9-17)21(27)23-18-10-12-19(13-11-18)30(28,29)24-14(3)25/h6-13,15H,4-5H2,1-3H3,(H,22,26)(H,23,27)(H,24,25). The van der Waals surface area contributed by atoms with E-state index in [1.165, 1.54) is 24.3 Å². The van der Waals surface area contributed by atoms with Crippen LogP contribution in [0.1, 0.15) is 44.0 Å². The highest BCUT2D eigenvalue weighted by atomic mass is 32.2. The Morgan fingerprint density at radius 3 is 1.83 bits per heavy atom. The second-order valence-corrected chi connectivity index (χ2v) is 8.40. The monoisotopic (exact) mass is 431 g/mol. The quantitative estimate of drug-likeness (QED) is 0.593. The average Bonchev–Trinajstić information content (AvgIpc) is 2.69. The highest BCUT2D eigenvalue weighted by Crippen LogP contribution is 2.17. The summed E-state index contributed by atoms with van der Waals surface area (Å²) in [6.07, 6.45) is 1.52. The van der Waals surface area contributed by atoms with E-state index in [2.05, 4.69) is 10.6 Å². The van der Waals surface area contributed by atoms with Crippen LogP contribution in [0.3, 0.4) is 0 Å². The van der Waals surface area contributed by atoms with Gasteiger partial charge in [-0.2, -0.15) is 0 Å². The zero-order valence-corrected chi connectivity index (χ0v) is 17.9. The first kappa shape index (κ1) is 23.1. The van der Waals surface area contributed by atoms with Gasteiger partial charge in [0, 0.05) is 29.8 Å². The molecular weight excluding hydrogens is 406 g/mol. The molecule has 0 aliphatic heterocycles. The van der Waals surface area contributed by atoms with E-state index in [1.54, 1.807) is 24.3 Å². The van der Waals surface area contributed by atoms with Crippen LogP contribution in [0.25, 0.3) is 0 Å². The van der Waals surface area contributed by atoms with Crippen molar-refractivity contribution < 1.29 is 22.8 Å². The van der Waals surface area contributed by atoms with Crippen LogP contribution in [0.15, 0.2) is 53.4 Å². The molecule has 3 N–H and O–H groups in total. The van der Waals surface area contributed by atoms with Crippen molar-refractivity contribution in [2.45, 2.75) is 38.5 Å². The van der Waals surface area contributed by atoms with Gasteiger partial charge in [0.1, 0.15) is 0 Å². The molecule has 30 heavy (non-hydrogen) atoms. The first-order valence-electron chi connectivity index (χ1n) is 9.52. The Hall–Kier alpha value is -3.20. The van der Waals surface area contributed by atoms with Crippen LogP contribution < -0.4 is 15.4 Å². The molecule has 160 valence electrons. The molecule has 0 saturated heterocycles. The molecule has 0 bridgehead atoms. The number of anilines is 2. The molecular formula is C21H25N3O5S. The van der Waals surface area contributed by atoms with Crippen molar-refractivity contribution in [1.82, 2.24) is 4.72 Å². The lowest BCUT2D eigenvalue weighted by molar-refractivity contribution is -0.120. The normalized spacial score (nSPS) is 11.1. The highest BCUT2D eigenvalue weighted by Gasteiger charge is 2.16. The van der Waals surface area contributed by atoms with E-state index in [1.807, 2.05) is 18.6 Å². The van der Waals surface area contributed by atoms with Crippen LogP contribution in [-0.4, -0.2) is 26.1 Å². The maximum absolute atomic E-state index is 12.4. The first-order valence-corrected chi connectivity index (χ1v) is 11.0. The predicted octanol–water partition coefficient (Wildman–Crippen LogP) is 3.14. The summed E-state index contributed by atoms with van der Waals surface area (Å²) >= 11 is 0. The van der Waals surface area contributed by atoms with Crippen molar-refractivity contribution in [3.63, 3.8) is 0 Å². The third kappa shape index (κ3) is 6.15. The number of sulfonamides is 1. The molecule has 2 aromatic rings. The molecule has 9 heteroatoms. The van der Waals surface area contributed by atoms with E-state index >= 15 is 0 Å². The van der Waals surface area contributed by atoms with Crippen LogP contribution in [0.2, 0.25) is 0 Å². The molecule has 3 amide bonds. The van der Waals surface area contributed by atoms with Crippen molar-refractivity contribution in [3.8, 4) is 0 Å². The van der Waals surface area contributed by atoms with Crippen LogP contribution in [0.4, 0.5) is 11.4 Å². The second kappa shape index (κ2) is 10.0. The van der Waals surface area contributed by atoms with Gasteiger partial charge in [0.2, 0.25) is 11.8 Å². The minimum atomic E-state index is -3.93. The third-order valence-electron chi connectivity index (χ3n) is 4.47. The number of hydrogen-bond donors (Lipinski definition) is 3. The molecule has 0 unspecified atom stereocenters. The fourth-order valence-corrected chi connectivity index (χ4v) is 3.77. The van der Waals surface area contributed by atoms with E-state index in [0.717, 1.165) is 19.8 Å². The Morgan fingerprint density at radius 2 is 1.33 bits per heavy atom. The predicted molar refractivity (Wildman–Crippen MR) is 115 cm³/mol. The summed E-state index contributed by atoms with van der Waals surface area (Å²) in [7, 11) is -3.93. The second-order valence-electron chi connectivity index (χ2n) is 6.72. The fraction of sp³-hybridized carbons (Fsp3) is 0.286. The first-order chi connectivity index (χ1) is 14.2. The summed E-state index contributed by atoms with van der Waals surface area (Å²) in [5.41, 5.74) is 1.38. The molecule has 0 atom stereocenters. The Morgan fingerprint density at radius 1 is 0.833 bits per heavy atom. The van der Waals surface area contributed by atoms with E-state index in [-0.39, 0.29) is 22.6 Å². The molecule has 8 nitrogen and oxygen atoms in total. The van der Waals surface area contributed by atoms with Crippen molar-refractivity contribution >= 4 is 39.1 Å².